The van der Waals surface area contributed by atoms with Gasteiger partial charge in [0.05, 0.1) is 17.2 Å². The number of hydrogen-bond acceptors (Lipinski definition) is 6. The number of anilines is 2. The second-order valence-corrected chi connectivity index (χ2v) is 7.80. The number of rotatable bonds is 5. The fraction of sp³-hybridized carbons (Fsp3) is 0.476. The summed E-state index contributed by atoms with van der Waals surface area (Å²) in [4.78, 5) is 16.6. The first-order chi connectivity index (χ1) is 13.2. The molecule has 1 aliphatic carbocycles. The number of piperidine rings is 1. The topological polar surface area (TPSA) is 67.1 Å². The molecule has 0 bridgehead atoms. The third kappa shape index (κ3) is 3.61. The van der Waals surface area contributed by atoms with Gasteiger partial charge in [0.15, 0.2) is 17.5 Å². The minimum atomic E-state index is 0.560. The summed E-state index contributed by atoms with van der Waals surface area (Å²) in [6.45, 7) is 3.94. The lowest BCUT2D eigenvalue weighted by Gasteiger charge is -2.33. The van der Waals surface area contributed by atoms with Crippen molar-refractivity contribution in [2.75, 3.05) is 23.3 Å². The molecule has 0 atom stereocenters. The van der Waals surface area contributed by atoms with Gasteiger partial charge in [-0.1, -0.05) is 12.1 Å². The van der Waals surface area contributed by atoms with E-state index in [4.69, 9.17) is 14.4 Å². The van der Waals surface area contributed by atoms with Crippen molar-refractivity contribution in [3.05, 3.63) is 42.1 Å². The number of nitrogens with zero attached hydrogens (tertiary/aromatic N) is 4. The molecule has 2 aromatic heterocycles. The number of aromatic nitrogens is 3. The summed E-state index contributed by atoms with van der Waals surface area (Å²) in [5, 5.41) is 3.59. The zero-order valence-corrected chi connectivity index (χ0v) is 15.7. The molecule has 0 spiro atoms. The van der Waals surface area contributed by atoms with Crippen molar-refractivity contribution in [2.24, 2.45) is 5.92 Å². The molecule has 6 heteroatoms. The molecule has 0 unspecified atom stereocenters. The standard InChI is InChI=1S/C21H25N5O/c1-14-13-22-19(27-14)12-15-8-10-26(11-9-15)21-20(23-16-6-7-16)24-17-4-2-3-5-18(17)25-21/h2-5,13,15-16H,6-12H2,1H3,(H,23,24). The van der Waals surface area contributed by atoms with Gasteiger partial charge in [0.2, 0.25) is 0 Å². The van der Waals surface area contributed by atoms with Crippen LogP contribution in [-0.4, -0.2) is 34.1 Å². The van der Waals surface area contributed by atoms with Crippen LogP contribution in [0, 0.1) is 12.8 Å². The largest absolute Gasteiger partial charge is 0.446 e. The van der Waals surface area contributed by atoms with Crippen LogP contribution >= 0.6 is 0 Å². The molecular weight excluding hydrogens is 338 g/mol. The van der Waals surface area contributed by atoms with Crippen LogP contribution in [0.5, 0.6) is 0 Å². The van der Waals surface area contributed by atoms with Crippen LogP contribution in [-0.2, 0) is 6.42 Å². The van der Waals surface area contributed by atoms with Gasteiger partial charge in [-0.3, -0.25) is 0 Å². The molecule has 5 rings (SSSR count). The van der Waals surface area contributed by atoms with Crippen LogP contribution < -0.4 is 10.2 Å². The predicted octanol–water partition coefficient (Wildman–Crippen LogP) is 3.96. The van der Waals surface area contributed by atoms with E-state index >= 15 is 0 Å². The lowest BCUT2D eigenvalue weighted by atomic mass is 9.93. The maximum absolute atomic E-state index is 5.66. The van der Waals surface area contributed by atoms with Gasteiger partial charge >= 0.3 is 0 Å². The van der Waals surface area contributed by atoms with Crippen LogP contribution in [0.1, 0.15) is 37.3 Å². The van der Waals surface area contributed by atoms with Gasteiger partial charge in [0.1, 0.15) is 5.76 Å². The molecule has 27 heavy (non-hydrogen) atoms. The fourth-order valence-corrected chi connectivity index (χ4v) is 3.82. The van der Waals surface area contributed by atoms with E-state index in [9.17, 15) is 0 Å². The highest BCUT2D eigenvalue weighted by molar-refractivity contribution is 5.80. The van der Waals surface area contributed by atoms with E-state index < -0.39 is 0 Å². The zero-order valence-electron chi connectivity index (χ0n) is 15.7. The van der Waals surface area contributed by atoms with E-state index in [0.29, 0.717) is 12.0 Å². The summed E-state index contributed by atoms with van der Waals surface area (Å²) in [6.07, 6.45) is 7.44. The molecule has 1 aromatic carbocycles. The minimum absolute atomic E-state index is 0.560. The first-order valence-electron chi connectivity index (χ1n) is 9.94. The van der Waals surface area contributed by atoms with Gasteiger partial charge in [0, 0.05) is 25.6 Å². The molecule has 3 aromatic rings. The SMILES string of the molecule is Cc1cnc(CC2CCN(c3nc4ccccc4nc3NC3CC3)CC2)o1. The summed E-state index contributed by atoms with van der Waals surface area (Å²) in [6, 6.07) is 8.69. The number of fused-ring (bicyclic) bond motifs is 1. The van der Waals surface area contributed by atoms with Crippen LogP contribution in [0.4, 0.5) is 11.6 Å². The first-order valence-corrected chi connectivity index (χ1v) is 9.94. The monoisotopic (exact) mass is 363 g/mol. The van der Waals surface area contributed by atoms with Gasteiger partial charge in [-0.15, -0.1) is 0 Å². The maximum atomic E-state index is 5.66. The lowest BCUT2D eigenvalue weighted by Crippen LogP contribution is -2.35. The predicted molar refractivity (Wildman–Crippen MR) is 106 cm³/mol. The first kappa shape index (κ1) is 16.5. The van der Waals surface area contributed by atoms with Crippen LogP contribution in [0.3, 0.4) is 0 Å². The smallest absolute Gasteiger partial charge is 0.194 e. The van der Waals surface area contributed by atoms with Crippen molar-refractivity contribution in [1.82, 2.24) is 15.0 Å². The molecule has 0 radical (unpaired) electrons. The molecule has 140 valence electrons. The number of oxazole rings is 1. The molecule has 1 saturated carbocycles. The van der Waals surface area contributed by atoms with Gasteiger partial charge < -0.3 is 14.6 Å². The molecule has 2 fully saturated rings. The quantitative estimate of drug-likeness (QED) is 0.740. The molecule has 6 nitrogen and oxygen atoms in total. The summed E-state index contributed by atoms with van der Waals surface area (Å²) < 4.78 is 5.66. The second-order valence-electron chi connectivity index (χ2n) is 7.80. The average Bonchev–Trinajstić information content (AvgIpc) is 3.41. The Morgan fingerprint density at radius 1 is 1.07 bits per heavy atom. The van der Waals surface area contributed by atoms with Crippen molar-refractivity contribution in [3.63, 3.8) is 0 Å². The Labute approximate surface area is 159 Å². The number of para-hydroxylation sites is 2. The molecule has 0 amide bonds. The normalized spacial score (nSPS) is 18.2. The van der Waals surface area contributed by atoms with Crippen LogP contribution in [0.25, 0.3) is 11.0 Å². The molecule has 1 aliphatic heterocycles. The summed E-state index contributed by atoms with van der Waals surface area (Å²) in [5.41, 5.74) is 1.92. The Balaban J connectivity index is 1.34. The van der Waals surface area contributed by atoms with Crippen molar-refractivity contribution in [3.8, 4) is 0 Å². The van der Waals surface area contributed by atoms with Crippen molar-refractivity contribution in [1.29, 1.82) is 0 Å². The van der Waals surface area contributed by atoms with Crippen molar-refractivity contribution < 1.29 is 4.42 Å². The van der Waals surface area contributed by atoms with E-state index in [0.717, 1.165) is 66.7 Å². The van der Waals surface area contributed by atoms with Crippen LogP contribution in [0.15, 0.2) is 34.9 Å². The van der Waals surface area contributed by atoms with Gasteiger partial charge in [-0.25, -0.2) is 15.0 Å². The minimum Gasteiger partial charge on any atom is -0.446 e. The fourth-order valence-electron chi connectivity index (χ4n) is 3.82. The van der Waals surface area contributed by atoms with Gasteiger partial charge in [0.25, 0.3) is 0 Å². The van der Waals surface area contributed by atoms with E-state index in [2.05, 4.69) is 15.2 Å². The Kier molecular flexibility index (Phi) is 4.19. The Hall–Kier alpha value is -2.63. The highest BCUT2D eigenvalue weighted by Crippen LogP contribution is 2.33. The van der Waals surface area contributed by atoms with E-state index in [1.54, 1.807) is 0 Å². The maximum Gasteiger partial charge on any atom is 0.194 e. The number of benzene rings is 1. The number of aryl methyl sites for hydroxylation is 1. The van der Waals surface area contributed by atoms with Crippen molar-refractivity contribution in [2.45, 2.75) is 45.1 Å². The van der Waals surface area contributed by atoms with Crippen LogP contribution in [0.2, 0.25) is 0 Å². The average molecular weight is 363 g/mol. The third-order valence-corrected chi connectivity index (χ3v) is 5.52. The van der Waals surface area contributed by atoms with E-state index in [1.807, 2.05) is 37.4 Å². The summed E-state index contributed by atoms with van der Waals surface area (Å²) >= 11 is 0. The van der Waals surface area contributed by atoms with Gasteiger partial charge in [-0.2, -0.15) is 0 Å². The Morgan fingerprint density at radius 2 is 1.81 bits per heavy atom. The second kappa shape index (κ2) is 6.83. The number of nitrogens with one attached hydrogen (secondary N) is 1. The molecule has 1 saturated heterocycles. The zero-order chi connectivity index (χ0) is 18.2. The molecule has 3 heterocycles. The summed E-state index contributed by atoms with van der Waals surface area (Å²) in [7, 11) is 0. The molecular formula is C21H25N5O. The lowest BCUT2D eigenvalue weighted by molar-refractivity contribution is 0.357. The van der Waals surface area contributed by atoms with E-state index in [1.165, 1.54) is 12.8 Å². The van der Waals surface area contributed by atoms with Gasteiger partial charge in [-0.05, 0) is 50.7 Å². The summed E-state index contributed by atoms with van der Waals surface area (Å²) in [5.74, 6) is 4.33. The van der Waals surface area contributed by atoms with E-state index in [-0.39, 0.29) is 0 Å². The molecule has 2 aliphatic rings. The van der Waals surface area contributed by atoms with Crippen molar-refractivity contribution >= 4 is 22.7 Å². The highest BCUT2D eigenvalue weighted by atomic mass is 16.4. The third-order valence-electron chi connectivity index (χ3n) is 5.52. The highest BCUT2D eigenvalue weighted by Gasteiger charge is 2.27. The number of hydrogen-bond donors (Lipinski definition) is 1. The molecule has 1 N–H and O–H groups in total. The Morgan fingerprint density at radius 3 is 2.48 bits per heavy atom. The Bertz CT molecular complexity index is 941.